The molecule has 0 atom stereocenters. The molecule has 3 rings (SSSR count). The second-order valence-corrected chi connectivity index (χ2v) is 7.01. The van der Waals surface area contributed by atoms with Gasteiger partial charge in [-0.15, -0.1) is 0 Å². The molecular weight excluding hydrogens is 324 g/mol. The van der Waals surface area contributed by atoms with E-state index >= 15 is 0 Å². The Hall–Kier alpha value is -3.33. The summed E-state index contributed by atoms with van der Waals surface area (Å²) in [5, 5.41) is 14.0. The van der Waals surface area contributed by atoms with Crippen molar-refractivity contribution in [2.75, 3.05) is 0 Å². The fourth-order valence-corrected chi connectivity index (χ4v) is 2.44. The number of rotatable bonds is 3. The first-order valence-corrected chi connectivity index (χ1v) is 8.29. The zero-order valence-electron chi connectivity index (χ0n) is 15.3. The fourth-order valence-electron chi connectivity index (χ4n) is 2.44. The molecule has 0 N–H and O–H groups in total. The topological polar surface area (TPSA) is 80.3 Å². The zero-order valence-corrected chi connectivity index (χ0v) is 15.3. The number of benzene rings is 1. The van der Waals surface area contributed by atoms with Crippen molar-refractivity contribution in [3.05, 3.63) is 59.9 Å². The minimum absolute atomic E-state index is 0.117. The van der Waals surface area contributed by atoms with Crippen LogP contribution in [0.4, 0.5) is 0 Å². The summed E-state index contributed by atoms with van der Waals surface area (Å²) in [5.74, 6) is 1.85. The van der Waals surface area contributed by atoms with E-state index in [0.717, 1.165) is 17.0 Å². The van der Waals surface area contributed by atoms with Crippen molar-refractivity contribution in [1.29, 1.82) is 5.26 Å². The summed E-state index contributed by atoms with van der Waals surface area (Å²) in [6.45, 7) is 6.18. The lowest BCUT2D eigenvalue weighted by Gasteiger charge is -2.15. The van der Waals surface area contributed by atoms with Gasteiger partial charge in [-0.1, -0.05) is 51.1 Å². The van der Waals surface area contributed by atoms with Gasteiger partial charge in [0.2, 0.25) is 0 Å². The van der Waals surface area contributed by atoms with Crippen LogP contribution in [0.2, 0.25) is 0 Å². The van der Waals surface area contributed by atoms with E-state index in [9.17, 15) is 5.26 Å². The molecule has 0 radical (unpaired) electrons. The molecule has 0 unspecified atom stereocenters. The van der Waals surface area contributed by atoms with Crippen molar-refractivity contribution in [1.82, 2.24) is 24.7 Å². The maximum absolute atomic E-state index is 9.59. The summed E-state index contributed by atoms with van der Waals surface area (Å²) in [5.41, 5.74) is 1.95. The first-order valence-electron chi connectivity index (χ1n) is 8.29. The van der Waals surface area contributed by atoms with Gasteiger partial charge in [0.1, 0.15) is 11.9 Å². The van der Waals surface area contributed by atoms with Crippen LogP contribution in [0.25, 0.3) is 23.0 Å². The van der Waals surface area contributed by atoms with E-state index in [2.05, 4.69) is 46.9 Å². The molecule has 1 aromatic carbocycles. The number of aromatic nitrogens is 5. The third-order valence-corrected chi connectivity index (χ3v) is 3.81. The molecule has 6 nitrogen and oxygen atoms in total. The number of allylic oxidation sites excluding steroid dienone is 1. The maximum atomic E-state index is 9.59. The van der Waals surface area contributed by atoms with Crippen LogP contribution in [0, 0.1) is 11.3 Å². The Morgan fingerprint density at radius 3 is 2.35 bits per heavy atom. The molecule has 26 heavy (non-hydrogen) atoms. The number of nitriles is 1. The first-order chi connectivity index (χ1) is 12.4. The van der Waals surface area contributed by atoms with Crippen LogP contribution in [0.15, 0.2) is 42.7 Å². The molecule has 130 valence electrons. The van der Waals surface area contributed by atoms with Crippen LogP contribution in [-0.4, -0.2) is 24.7 Å². The summed E-state index contributed by atoms with van der Waals surface area (Å²) >= 11 is 0. The van der Waals surface area contributed by atoms with E-state index in [1.165, 1.54) is 0 Å². The van der Waals surface area contributed by atoms with E-state index in [1.807, 2.05) is 30.3 Å². The smallest absolute Gasteiger partial charge is 0.181 e. The molecule has 2 aromatic heterocycles. The summed E-state index contributed by atoms with van der Waals surface area (Å²) < 4.78 is 1.61. The van der Waals surface area contributed by atoms with Gasteiger partial charge in [0.05, 0.1) is 5.57 Å². The molecule has 0 amide bonds. The van der Waals surface area contributed by atoms with Crippen molar-refractivity contribution in [3.8, 4) is 17.5 Å². The lowest BCUT2D eigenvalue weighted by molar-refractivity contribution is 0.545. The van der Waals surface area contributed by atoms with Gasteiger partial charge in [0, 0.05) is 36.0 Å². The van der Waals surface area contributed by atoms with Crippen molar-refractivity contribution < 1.29 is 0 Å². The molecule has 0 spiro atoms. The van der Waals surface area contributed by atoms with Crippen molar-refractivity contribution >= 4 is 11.6 Å². The summed E-state index contributed by atoms with van der Waals surface area (Å²) in [7, 11) is 1.78. The van der Waals surface area contributed by atoms with Crippen LogP contribution < -0.4 is 0 Å². The van der Waals surface area contributed by atoms with E-state index < -0.39 is 0 Å². The second kappa shape index (κ2) is 6.89. The molecule has 0 bridgehead atoms. The second-order valence-electron chi connectivity index (χ2n) is 7.01. The van der Waals surface area contributed by atoms with E-state index in [1.54, 1.807) is 30.2 Å². The molecule has 0 aliphatic carbocycles. The van der Waals surface area contributed by atoms with E-state index in [-0.39, 0.29) is 5.41 Å². The Balaban J connectivity index is 1.96. The highest BCUT2D eigenvalue weighted by Gasteiger charge is 2.17. The van der Waals surface area contributed by atoms with Gasteiger partial charge in [-0.25, -0.2) is 19.6 Å². The molecule has 6 heteroatoms. The molecule has 0 aliphatic rings. The minimum Gasteiger partial charge on any atom is -0.248 e. The van der Waals surface area contributed by atoms with Crippen LogP contribution in [-0.2, 0) is 12.5 Å². The fraction of sp³-hybridized carbons (Fsp3) is 0.250. The molecule has 0 fully saturated rings. The van der Waals surface area contributed by atoms with Gasteiger partial charge in [0.15, 0.2) is 11.6 Å². The van der Waals surface area contributed by atoms with Crippen molar-refractivity contribution in [2.45, 2.75) is 26.2 Å². The van der Waals surface area contributed by atoms with E-state index in [4.69, 9.17) is 0 Å². The molecule has 0 saturated carbocycles. The van der Waals surface area contributed by atoms with Crippen LogP contribution in [0.5, 0.6) is 0 Å². The molecule has 3 aromatic rings. The first kappa shape index (κ1) is 17.5. The zero-order chi connectivity index (χ0) is 18.7. The Bertz CT molecular complexity index is 970. The average Bonchev–Trinajstić information content (AvgIpc) is 3.02. The standard InChI is InChI=1S/C20H20N6/c1-20(2,3)19-22-12-14(13-23-19)10-16(11-21)18-24-17(25-26(18)4)15-8-6-5-7-9-15/h5-10,12-13H,1-4H3/b16-10+. The van der Waals surface area contributed by atoms with Gasteiger partial charge < -0.3 is 0 Å². The molecular formula is C20H20N6. The Morgan fingerprint density at radius 1 is 1.12 bits per heavy atom. The van der Waals surface area contributed by atoms with Crippen molar-refractivity contribution in [3.63, 3.8) is 0 Å². The minimum atomic E-state index is -0.117. The molecule has 0 saturated heterocycles. The molecule has 0 aliphatic heterocycles. The quantitative estimate of drug-likeness (QED) is 0.678. The van der Waals surface area contributed by atoms with E-state index in [0.29, 0.717) is 17.2 Å². The normalized spacial score (nSPS) is 12.0. The number of hydrogen-bond acceptors (Lipinski definition) is 5. The number of nitrogens with zero attached hydrogens (tertiary/aromatic N) is 6. The number of hydrogen-bond donors (Lipinski definition) is 0. The van der Waals surface area contributed by atoms with Crippen LogP contribution in [0.3, 0.4) is 0 Å². The summed E-state index contributed by atoms with van der Waals surface area (Å²) in [4.78, 5) is 13.3. The largest absolute Gasteiger partial charge is 0.248 e. The van der Waals surface area contributed by atoms with Gasteiger partial charge in [-0.05, 0) is 6.08 Å². The Kier molecular flexibility index (Phi) is 4.63. The third kappa shape index (κ3) is 3.67. The monoisotopic (exact) mass is 344 g/mol. The van der Waals surface area contributed by atoms with Gasteiger partial charge in [-0.3, -0.25) is 0 Å². The van der Waals surface area contributed by atoms with Crippen molar-refractivity contribution in [2.24, 2.45) is 7.05 Å². The van der Waals surface area contributed by atoms with Gasteiger partial charge >= 0.3 is 0 Å². The summed E-state index contributed by atoms with van der Waals surface area (Å²) in [6, 6.07) is 11.9. The highest BCUT2D eigenvalue weighted by atomic mass is 15.3. The lowest BCUT2D eigenvalue weighted by Crippen LogP contribution is -2.15. The highest BCUT2D eigenvalue weighted by Crippen LogP contribution is 2.21. The third-order valence-electron chi connectivity index (χ3n) is 3.81. The molecule has 2 heterocycles. The summed E-state index contributed by atoms with van der Waals surface area (Å²) in [6.07, 6.45) is 5.17. The highest BCUT2D eigenvalue weighted by molar-refractivity contribution is 5.87. The predicted molar refractivity (Wildman–Crippen MR) is 101 cm³/mol. The number of aryl methyl sites for hydroxylation is 1. The SMILES string of the molecule is Cn1nc(-c2ccccc2)nc1/C(C#N)=C/c1cnc(C(C)(C)C)nc1. The maximum Gasteiger partial charge on any atom is 0.181 e. The van der Waals surface area contributed by atoms with Gasteiger partial charge in [0.25, 0.3) is 0 Å². The Morgan fingerprint density at radius 2 is 1.77 bits per heavy atom. The van der Waals surface area contributed by atoms with Gasteiger partial charge in [-0.2, -0.15) is 10.4 Å². The van der Waals surface area contributed by atoms with Crippen LogP contribution in [0.1, 0.15) is 38.0 Å². The average molecular weight is 344 g/mol. The lowest BCUT2D eigenvalue weighted by atomic mass is 9.96. The van der Waals surface area contributed by atoms with Crippen LogP contribution >= 0.6 is 0 Å². The predicted octanol–water partition coefficient (Wildman–Crippen LogP) is 3.63. The Labute approximate surface area is 152 Å².